The van der Waals surface area contributed by atoms with Gasteiger partial charge in [-0.2, -0.15) is 10.2 Å². The standard InChI is InChI=1S/C19H21N5O2/c25-19(16-6-9-24(23-16)13-14-4-2-1-3-5-14)20-18-12-17(21-22-18)15-7-10-26-11-8-15/h1-6,9,12,15H,7-8,10-11,13H2,(H2,20,21,22,25). The Labute approximate surface area is 151 Å². The van der Waals surface area contributed by atoms with E-state index in [1.807, 2.05) is 36.4 Å². The lowest BCUT2D eigenvalue weighted by atomic mass is 9.97. The predicted molar refractivity (Wildman–Crippen MR) is 97.1 cm³/mol. The molecule has 1 aliphatic rings. The molecule has 1 aliphatic heterocycles. The van der Waals surface area contributed by atoms with Crippen LogP contribution >= 0.6 is 0 Å². The first-order valence-electron chi connectivity index (χ1n) is 8.80. The number of ether oxygens (including phenoxy) is 1. The van der Waals surface area contributed by atoms with Gasteiger partial charge in [0.1, 0.15) is 0 Å². The predicted octanol–water partition coefficient (Wildman–Crippen LogP) is 2.80. The maximum atomic E-state index is 12.4. The van der Waals surface area contributed by atoms with E-state index in [2.05, 4.69) is 20.6 Å². The highest BCUT2D eigenvalue weighted by Crippen LogP contribution is 2.26. The summed E-state index contributed by atoms with van der Waals surface area (Å²) in [6.45, 7) is 2.17. The quantitative estimate of drug-likeness (QED) is 0.740. The van der Waals surface area contributed by atoms with Crippen LogP contribution in [0.3, 0.4) is 0 Å². The highest BCUT2D eigenvalue weighted by Gasteiger charge is 2.19. The Morgan fingerprint density at radius 3 is 2.85 bits per heavy atom. The second kappa shape index (κ2) is 7.53. The third kappa shape index (κ3) is 3.83. The summed E-state index contributed by atoms with van der Waals surface area (Å²) in [5, 5.41) is 14.4. The molecular weight excluding hydrogens is 330 g/mol. The van der Waals surface area contributed by atoms with E-state index in [9.17, 15) is 4.79 Å². The van der Waals surface area contributed by atoms with Gasteiger partial charge in [-0.05, 0) is 24.5 Å². The van der Waals surface area contributed by atoms with Crippen LogP contribution in [-0.2, 0) is 11.3 Å². The van der Waals surface area contributed by atoms with Crippen molar-refractivity contribution in [2.24, 2.45) is 0 Å². The lowest BCUT2D eigenvalue weighted by Gasteiger charge is -2.20. The van der Waals surface area contributed by atoms with Crippen molar-refractivity contribution in [1.29, 1.82) is 0 Å². The largest absolute Gasteiger partial charge is 0.381 e. The van der Waals surface area contributed by atoms with Crippen molar-refractivity contribution in [3.8, 4) is 0 Å². The fraction of sp³-hybridized carbons (Fsp3) is 0.316. The molecule has 7 heteroatoms. The minimum Gasteiger partial charge on any atom is -0.381 e. The number of aromatic amines is 1. The lowest BCUT2D eigenvalue weighted by Crippen LogP contribution is -2.14. The smallest absolute Gasteiger partial charge is 0.277 e. The van der Waals surface area contributed by atoms with Crippen LogP contribution in [0.25, 0.3) is 0 Å². The number of nitrogens with one attached hydrogen (secondary N) is 2. The summed E-state index contributed by atoms with van der Waals surface area (Å²) in [5.41, 5.74) is 2.55. The van der Waals surface area contributed by atoms with Gasteiger partial charge in [-0.1, -0.05) is 30.3 Å². The fourth-order valence-electron chi connectivity index (χ4n) is 3.14. The molecule has 26 heavy (non-hydrogen) atoms. The van der Waals surface area contributed by atoms with Crippen molar-refractivity contribution in [3.63, 3.8) is 0 Å². The SMILES string of the molecule is O=C(Nc1cc(C2CCOCC2)[nH]n1)c1ccn(Cc2ccccc2)n1. The van der Waals surface area contributed by atoms with Gasteiger partial charge in [0, 0.05) is 37.1 Å². The van der Waals surface area contributed by atoms with Gasteiger partial charge < -0.3 is 10.1 Å². The van der Waals surface area contributed by atoms with Crippen LogP contribution in [-0.4, -0.2) is 39.1 Å². The summed E-state index contributed by atoms with van der Waals surface area (Å²) in [4.78, 5) is 12.4. The number of benzene rings is 1. The van der Waals surface area contributed by atoms with E-state index >= 15 is 0 Å². The summed E-state index contributed by atoms with van der Waals surface area (Å²) in [6.07, 6.45) is 3.75. The van der Waals surface area contributed by atoms with Gasteiger partial charge in [-0.3, -0.25) is 14.6 Å². The minimum atomic E-state index is -0.262. The molecule has 0 aliphatic carbocycles. The number of amides is 1. The molecule has 0 saturated carbocycles. The van der Waals surface area contributed by atoms with Gasteiger partial charge >= 0.3 is 0 Å². The normalized spacial score (nSPS) is 15.1. The number of hydrogen-bond acceptors (Lipinski definition) is 4. The number of aromatic nitrogens is 4. The monoisotopic (exact) mass is 351 g/mol. The summed E-state index contributed by atoms with van der Waals surface area (Å²) >= 11 is 0. The van der Waals surface area contributed by atoms with Crippen molar-refractivity contribution in [2.45, 2.75) is 25.3 Å². The van der Waals surface area contributed by atoms with E-state index in [1.54, 1.807) is 16.9 Å². The molecule has 1 fully saturated rings. The highest BCUT2D eigenvalue weighted by atomic mass is 16.5. The second-order valence-corrected chi connectivity index (χ2v) is 6.43. The Balaban J connectivity index is 1.38. The second-order valence-electron chi connectivity index (χ2n) is 6.43. The van der Waals surface area contributed by atoms with Crippen LogP contribution in [0, 0.1) is 0 Å². The van der Waals surface area contributed by atoms with E-state index in [0.717, 1.165) is 37.3 Å². The molecule has 3 heterocycles. The molecule has 1 aromatic carbocycles. The van der Waals surface area contributed by atoms with Gasteiger partial charge in [0.05, 0.1) is 6.54 Å². The molecule has 3 aromatic rings. The number of carbonyl (C=O) groups is 1. The summed E-state index contributed by atoms with van der Waals surface area (Å²) in [5.74, 6) is 0.669. The van der Waals surface area contributed by atoms with Crippen LogP contribution < -0.4 is 5.32 Å². The topological polar surface area (TPSA) is 84.8 Å². The van der Waals surface area contributed by atoms with Crippen molar-refractivity contribution >= 4 is 11.7 Å². The summed E-state index contributed by atoms with van der Waals surface area (Å²) in [7, 11) is 0. The highest BCUT2D eigenvalue weighted by molar-refractivity contribution is 6.02. The zero-order valence-corrected chi connectivity index (χ0v) is 14.4. The molecule has 0 atom stereocenters. The average Bonchev–Trinajstić information content (AvgIpc) is 3.33. The van der Waals surface area contributed by atoms with Gasteiger partial charge in [-0.25, -0.2) is 0 Å². The minimum absolute atomic E-state index is 0.262. The Kier molecular flexibility index (Phi) is 4.79. The van der Waals surface area contributed by atoms with Crippen LogP contribution in [0.4, 0.5) is 5.82 Å². The molecule has 1 amide bonds. The van der Waals surface area contributed by atoms with Crippen LogP contribution in [0.2, 0.25) is 0 Å². The molecule has 4 rings (SSSR count). The molecular formula is C19H21N5O2. The van der Waals surface area contributed by atoms with Gasteiger partial charge in [0.25, 0.3) is 5.91 Å². The molecule has 1 saturated heterocycles. The maximum Gasteiger partial charge on any atom is 0.277 e. The van der Waals surface area contributed by atoms with Gasteiger partial charge in [0.2, 0.25) is 0 Å². The van der Waals surface area contributed by atoms with Gasteiger partial charge in [0.15, 0.2) is 11.5 Å². The lowest BCUT2D eigenvalue weighted by molar-refractivity contribution is 0.0845. The zero-order chi connectivity index (χ0) is 17.8. The molecule has 0 unspecified atom stereocenters. The number of nitrogens with zero attached hydrogens (tertiary/aromatic N) is 3. The number of anilines is 1. The molecule has 0 radical (unpaired) electrons. The maximum absolute atomic E-state index is 12.4. The van der Waals surface area contributed by atoms with Crippen LogP contribution in [0.15, 0.2) is 48.7 Å². The number of carbonyl (C=O) groups excluding carboxylic acids is 1. The summed E-state index contributed by atoms with van der Waals surface area (Å²) in [6, 6.07) is 13.6. The van der Waals surface area contributed by atoms with Crippen molar-refractivity contribution in [3.05, 3.63) is 65.6 Å². The van der Waals surface area contributed by atoms with E-state index < -0.39 is 0 Å². The van der Waals surface area contributed by atoms with Crippen LogP contribution in [0.5, 0.6) is 0 Å². The number of rotatable bonds is 5. The average molecular weight is 351 g/mol. The first kappa shape index (κ1) is 16.5. The third-order valence-electron chi connectivity index (χ3n) is 4.56. The van der Waals surface area contributed by atoms with Crippen molar-refractivity contribution in [1.82, 2.24) is 20.0 Å². The Hall–Kier alpha value is -2.93. The van der Waals surface area contributed by atoms with E-state index in [-0.39, 0.29) is 5.91 Å². The zero-order valence-electron chi connectivity index (χ0n) is 14.4. The first-order valence-corrected chi connectivity index (χ1v) is 8.80. The van der Waals surface area contributed by atoms with Gasteiger partial charge in [-0.15, -0.1) is 0 Å². The Morgan fingerprint density at radius 1 is 1.23 bits per heavy atom. The summed E-state index contributed by atoms with van der Waals surface area (Å²) < 4.78 is 7.13. The Morgan fingerprint density at radius 2 is 2.04 bits per heavy atom. The van der Waals surface area contributed by atoms with Crippen molar-refractivity contribution in [2.75, 3.05) is 18.5 Å². The Bertz CT molecular complexity index is 865. The molecule has 2 aromatic heterocycles. The van der Waals surface area contributed by atoms with Crippen LogP contribution in [0.1, 0.15) is 40.5 Å². The molecule has 7 nitrogen and oxygen atoms in total. The van der Waals surface area contributed by atoms with E-state index in [1.165, 1.54) is 0 Å². The fourth-order valence-corrected chi connectivity index (χ4v) is 3.14. The number of H-pyrrole nitrogens is 1. The molecule has 0 bridgehead atoms. The van der Waals surface area contributed by atoms with Crippen molar-refractivity contribution < 1.29 is 9.53 Å². The van der Waals surface area contributed by atoms with E-state index in [4.69, 9.17) is 4.74 Å². The molecule has 2 N–H and O–H groups in total. The molecule has 0 spiro atoms. The molecule has 134 valence electrons. The number of hydrogen-bond donors (Lipinski definition) is 2. The third-order valence-corrected chi connectivity index (χ3v) is 4.56. The van der Waals surface area contributed by atoms with E-state index in [0.29, 0.717) is 24.0 Å². The first-order chi connectivity index (χ1) is 12.8.